The largest absolute Gasteiger partial charge is 0.463 e. The molecule has 1 atom stereocenters. The van der Waals surface area contributed by atoms with E-state index < -0.39 is 16.9 Å². The Balaban J connectivity index is 1.56. The zero-order valence-corrected chi connectivity index (χ0v) is 21.1. The maximum atomic E-state index is 13.0. The highest BCUT2D eigenvalue weighted by molar-refractivity contribution is 8.16. The van der Waals surface area contributed by atoms with Gasteiger partial charge in [-0.15, -0.1) is 0 Å². The smallest absolute Gasteiger partial charge is 0.338 e. The van der Waals surface area contributed by atoms with Crippen LogP contribution in [-0.4, -0.2) is 77.8 Å². The first-order chi connectivity index (χ1) is 17.4. The van der Waals surface area contributed by atoms with Gasteiger partial charge in [-0.3, -0.25) is 19.8 Å². The zero-order chi connectivity index (χ0) is 25.7. The number of esters is 1. The fourth-order valence-corrected chi connectivity index (χ4v) is 5.33. The van der Waals surface area contributed by atoms with E-state index in [1.165, 1.54) is 23.9 Å². The molecule has 0 spiro atoms. The molecule has 0 aromatic heterocycles. The molecular formula is C24H29N5O6S. The second kappa shape index (κ2) is 11.7. The molecule has 1 N–H and O–H groups in total. The van der Waals surface area contributed by atoms with Crippen LogP contribution in [0.2, 0.25) is 0 Å². The number of amides is 1. The lowest BCUT2D eigenvalue weighted by molar-refractivity contribution is -0.384. The Hall–Kier alpha value is -3.22. The molecule has 12 heteroatoms. The molecule has 1 fully saturated rings. The number of nitro benzene ring substituents is 1. The van der Waals surface area contributed by atoms with Crippen LogP contribution in [0, 0.1) is 10.1 Å². The average Bonchev–Trinajstić information content (AvgIpc) is 3.25. The number of benzene rings is 1. The molecule has 3 heterocycles. The number of carbonyl (C=O) groups excluding carboxylic acids is 2. The van der Waals surface area contributed by atoms with E-state index in [0.717, 1.165) is 19.6 Å². The van der Waals surface area contributed by atoms with Gasteiger partial charge >= 0.3 is 5.97 Å². The number of nitrogens with zero attached hydrogens (tertiary/aromatic N) is 4. The third-order valence-electron chi connectivity index (χ3n) is 6.09. The summed E-state index contributed by atoms with van der Waals surface area (Å²) in [5.41, 5.74) is 1.89. The van der Waals surface area contributed by atoms with Crippen molar-refractivity contribution in [1.82, 2.24) is 15.1 Å². The fraction of sp³-hybridized carbons (Fsp3) is 0.458. The van der Waals surface area contributed by atoms with Gasteiger partial charge in [0.25, 0.3) is 5.69 Å². The molecule has 3 aliphatic rings. The highest BCUT2D eigenvalue weighted by atomic mass is 32.2. The lowest BCUT2D eigenvalue weighted by Gasteiger charge is -2.36. The molecule has 1 aromatic rings. The van der Waals surface area contributed by atoms with Gasteiger partial charge in [0.15, 0.2) is 5.17 Å². The summed E-state index contributed by atoms with van der Waals surface area (Å²) in [6.45, 7) is 7.96. The molecule has 3 aliphatic heterocycles. The van der Waals surface area contributed by atoms with Crippen molar-refractivity contribution >= 4 is 34.5 Å². The summed E-state index contributed by atoms with van der Waals surface area (Å²) < 4.78 is 10.7. The summed E-state index contributed by atoms with van der Waals surface area (Å²) in [6.07, 6.45) is 0.0791. The summed E-state index contributed by atoms with van der Waals surface area (Å²) in [5, 5.41) is 16.9. The number of ether oxygens (including phenoxy) is 2. The first-order valence-electron chi connectivity index (χ1n) is 11.8. The van der Waals surface area contributed by atoms with Crippen molar-refractivity contribution in [2.24, 2.45) is 4.99 Å². The van der Waals surface area contributed by atoms with Gasteiger partial charge in [0.1, 0.15) is 0 Å². The molecule has 1 aromatic carbocycles. The van der Waals surface area contributed by atoms with Crippen molar-refractivity contribution in [3.63, 3.8) is 0 Å². The van der Waals surface area contributed by atoms with Gasteiger partial charge in [-0.1, -0.05) is 23.9 Å². The standard InChI is InChI=1S/C24H29N5O6S/c1-3-35-23(31)21-16(2)26-24-28(22(21)17-5-4-6-18(13-17)29(32)33)19(15-36-24)14-20(30)25-7-8-27-9-11-34-12-10-27/h4-6,13,15,22H,3,7-12,14H2,1-2H3,(H,25,30). The lowest BCUT2D eigenvalue weighted by Crippen LogP contribution is -2.42. The number of non-ortho nitro benzene ring substituents is 1. The van der Waals surface area contributed by atoms with E-state index in [-0.39, 0.29) is 24.6 Å². The molecule has 36 heavy (non-hydrogen) atoms. The molecule has 11 nitrogen and oxygen atoms in total. The fourth-order valence-electron chi connectivity index (χ4n) is 4.37. The Morgan fingerprint density at radius 1 is 1.33 bits per heavy atom. The van der Waals surface area contributed by atoms with Crippen LogP contribution in [0.3, 0.4) is 0 Å². The third kappa shape index (κ3) is 5.77. The van der Waals surface area contributed by atoms with Crippen LogP contribution in [0.25, 0.3) is 0 Å². The van der Waals surface area contributed by atoms with Crippen molar-refractivity contribution in [2.45, 2.75) is 26.3 Å². The van der Waals surface area contributed by atoms with Crippen LogP contribution in [0.5, 0.6) is 0 Å². The van der Waals surface area contributed by atoms with E-state index >= 15 is 0 Å². The predicted molar refractivity (Wildman–Crippen MR) is 135 cm³/mol. The van der Waals surface area contributed by atoms with Crippen molar-refractivity contribution < 1.29 is 24.0 Å². The minimum atomic E-state index is -0.709. The first-order valence-corrected chi connectivity index (χ1v) is 12.7. The topological polar surface area (TPSA) is 127 Å². The van der Waals surface area contributed by atoms with E-state index in [9.17, 15) is 19.7 Å². The molecule has 0 aliphatic carbocycles. The predicted octanol–water partition coefficient (Wildman–Crippen LogP) is 2.57. The van der Waals surface area contributed by atoms with E-state index in [0.29, 0.717) is 47.5 Å². The SMILES string of the molecule is CCOC(=O)C1=C(C)N=C2SC=C(CC(=O)NCCN3CCOCC3)N2C1c1cccc([N+](=O)[O-])c1. The molecular weight excluding hydrogens is 486 g/mol. The zero-order valence-electron chi connectivity index (χ0n) is 20.3. The molecule has 1 amide bonds. The summed E-state index contributed by atoms with van der Waals surface area (Å²) in [6, 6.07) is 5.46. The number of morpholine rings is 1. The highest BCUT2D eigenvalue weighted by Crippen LogP contribution is 2.45. The number of amidine groups is 1. The maximum absolute atomic E-state index is 13.0. The average molecular weight is 516 g/mol. The van der Waals surface area contributed by atoms with Gasteiger partial charge in [-0.2, -0.15) is 0 Å². The van der Waals surface area contributed by atoms with E-state index in [1.807, 2.05) is 10.3 Å². The normalized spacial score (nSPS) is 19.9. The number of allylic oxidation sites excluding steroid dienone is 1. The second-order valence-corrected chi connectivity index (χ2v) is 9.28. The lowest BCUT2D eigenvalue weighted by atomic mass is 9.93. The minimum Gasteiger partial charge on any atom is -0.463 e. The van der Waals surface area contributed by atoms with Crippen molar-refractivity contribution in [3.8, 4) is 0 Å². The van der Waals surface area contributed by atoms with Crippen LogP contribution < -0.4 is 5.32 Å². The third-order valence-corrected chi connectivity index (χ3v) is 6.98. The maximum Gasteiger partial charge on any atom is 0.338 e. The Labute approximate surface area is 213 Å². The summed E-state index contributed by atoms with van der Waals surface area (Å²) in [5.74, 6) is -0.696. The van der Waals surface area contributed by atoms with E-state index in [4.69, 9.17) is 9.47 Å². The number of rotatable bonds is 9. The summed E-state index contributed by atoms with van der Waals surface area (Å²) in [4.78, 5) is 45.4. The number of nitrogens with one attached hydrogen (secondary N) is 1. The van der Waals surface area contributed by atoms with Crippen LogP contribution in [0.4, 0.5) is 5.69 Å². The quantitative estimate of drug-likeness (QED) is 0.300. The van der Waals surface area contributed by atoms with Gasteiger partial charge in [-0.05, 0) is 24.8 Å². The van der Waals surface area contributed by atoms with Crippen LogP contribution in [0.1, 0.15) is 31.9 Å². The number of carbonyl (C=O) groups is 2. The summed E-state index contributed by atoms with van der Waals surface area (Å²) >= 11 is 1.35. The summed E-state index contributed by atoms with van der Waals surface area (Å²) in [7, 11) is 0. The number of nitro groups is 1. The monoisotopic (exact) mass is 515 g/mol. The molecule has 1 saturated heterocycles. The Bertz CT molecular complexity index is 1130. The Morgan fingerprint density at radius 2 is 2.11 bits per heavy atom. The number of fused-ring (bicyclic) bond motifs is 1. The Morgan fingerprint density at radius 3 is 2.83 bits per heavy atom. The molecule has 1 unspecified atom stereocenters. The van der Waals surface area contributed by atoms with Gasteiger partial charge in [-0.25, -0.2) is 9.79 Å². The molecule has 0 saturated carbocycles. The van der Waals surface area contributed by atoms with Crippen LogP contribution >= 0.6 is 11.8 Å². The first kappa shape index (κ1) is 25.9. The van der Waals surface area contributed by atoms with Gasteiger partial charge < -0.3 is 19.7 Å². The highest BCUT2D eigenvalue weighted by Gasteiger charge is 2.41. The molecule has 0 radical (unpaired) electrons. The minimum absolute atomic E-state index is 0.0791. The number of aliphatic imine (C=N–C) groups is 1. The second-order valence-electron chi connectivity index (χ2n) is 8.45. The molecule has 0 bridgehead atoms. The number of thioether (sulfide) groups is 1. The van der Waals surface area contributed by atoms with Crippen LogP contribution in [-0.2, 0) is 19.1 Å². The molecule has 4 rings (SSSR count). The molecule has 192 valence electrons. The number of hydrogen-bond acceptors (Lipinski definition) is 10. The van der Waals surface area contributed by atoms with Crippen molar-refractivity contribution in [2.75, 3.05) is 46.0 Å². The van der Waals surface area contributed by atoms with E-state index in [1.54, 1.807) is 26.0 Å². The van der Waals surface area contributed by atoms with Crippen LogP contribution in [0.15, 0.2) is 51.6 Å². The Kier molecular flexibility index (Phi) is 8.39. The van der Waals surface area contributed by atoms with Crippen molar-refractivity contribution in [3.05, 3.63) is 62.3 Å². The number of hydrogen-bond donors (Lipinski definition) is 1. The van der Waals surface area contributed by atoms with Crippen molar-refractivity contribution in [1.29, 1.82) is 0 Å². The van der Waals surface area contributed by atoms with Gasteiger partial charge in [0.2, 0.25) is 5.91 Å². The van der Waals surface area contributed by atoms with Gasteiger partial charge in [0.05, 0.1) is 48.5 Å². The van der Waals surface area contributed by atoms with Gasteiger partial charge in [0, 0.05) is 44.0 Å². The van der Waals surface area contributed by atoms with E-state index in [2.05, 4.69) is 15.2 Å².